The molecule has 1 aromatic heterocycles. The van der Waals surface area contributed by atoms with Gasteiger partial charge >= 0.3 is 0 Å². The van der Waals surface area contributed by atoms with Gasteiger partial charge in [0.1, 0.15) is 12.4 Å². The van der Waals surface area contributed by atoms with Crippen LogP contribution in [0.15, 0.2) is 12.3 Å². The molecule has 104 valence electrons. The molecule has 19 heavy (non-hydrogen) atoms. The maximum Gasteiger partial charge on any atom is 0.279 e. The molecule has 3 aliphatic rings. The van der Waals surface area contributed by atoms with Gasteiger partial charge < -0.3 is 18.9 Å². The lowest BCUT2D eigenvalue weighted by molar-refractivity contribution is -0.461. The molecule has 1 aromatic rings. The fraction of sp³-hybridized carbons (Fsp3) is 0.643. The maximum atomic E-state index is 5.93. The number of ether oxygens (including phenoxy) is 4. The van der Waals surface area contributed by atoms with Gasteiger partial charge in [-0.3, -0.25) is 4.98 Å². The lowest BCUT2D eigenvalue weighted by Crippen LogP contribution is -2.60. The van der Waals surface area contributed by atoms with E-state index in [9.17, 15) is 0 Å². The Bertz CT molecular complexity index is 464. The minimum Gasteiger partial charge on any atom is -0.492 e. The van der Waals surface area contributed by atoms with Crippen LogP contribution >= 0.6 is 0 Å². The van der Waals surface area contributed by atoms with Crippen molar-refractivity contribution in [3.63, 3.8) is 0 Å². The minimum absolute atomic E-state index is 0.207. The summed E-state index contributed by atoms with van der Waals surface area (Å²) in [6.07, 6.45) is 1.76. The molecule has 5 nitrogen and oxygen atoms in total. The first-order chi connectivity index (χ1) is 9.02. The molecule has 4 rings (SSSR count). The highest BCUT2D eigenvalue weighted by atomic mass is 16.9. The summed E-state index contributed by atoms with van der Waals surface area (Å²) in [6.45, 7) is 8.12. The van der Waals surface area contributed by atoms with Gasteiger partial charge in [-0.05, 0) is 19.9 Å². The fourth-order valence-corrected chi connectivity index (χ4v) is 2.23. The fourth-order valence-electron chi connectivity index (χ4n) is 2.23. The van der Waals surface area contributed by atoms with Gasteiger partial charge in [-0.2, -0.15) is 0 Å². The van der Waals surface area contributed by atoms with Crippen molar-refractivity contribution in [1.82, 2.24) is 4.98 Å². The van der Waals surface area contributed by atoms with E-state index in [1.54, 1.807) is 13.1 Å². The summed E-state index contributed by atoms with van der Waals surface area (Å²) >= 11 is 0. The van der Waals surface area contributed by atoms with E-state index in [0.717, 1.165) is 17.0 Å². The smallest absolute Gasteiger partial charge is 0.279 e. The number of fused-ring (bicyclic) bond motifs is 3. The minimum atomic E-state index is -0.856. The van der Waals surface area contributed by atoms with Crippen LogP contribution in [0.25, 0.3) is 0 Å². The van der Waals surface area contributed by atoms with Gasteiger partial charge in [0.25, 0.3) is 5.97 Å². The first-order valence-electron chi connectivity index (χ1n) is 6.49. The quantitative estimate of drug-likeness (QED) is 0.834. The van der Waals surface area contributed by atoms with Crippen LogP contribution in [0, 0.1) is 19.3 Å². The zero-order chi connectivity index (χ0) is 13.5. The zero-order valence-electron chi connectivity index (χ0n) is 11.6. The molecule has 0 atom stereocenters. The van der Waals surface area contributed by atoms with Gasteiger partial charge in [0.2, 0.25) is 0 Å². The molecule has 0 aliphatic carbocycles. The molecule has 3 fully saturated rings. The zero-order valence-corrected chi connectivity index (χ0v) is 11.6. The Labute approximate surface area is 112 Å². The molecule has 4 heterocycles. The Morgan fingerprint density at radius 3 is 2.47 bits per heavy atom. The monoisotopic (exact) mass is 265 g/mol. The number of nitrogens with zero attached hydrogens (tertiary/aromatic N) is 1. The summed E-state index contributed by atoms with van der Waals surface area (Å²) < 4.78 is 22.6. The number of hydrogen-bond donors (Lipinski definition) is 0. The average molecular weight is 265 g/mol. The summed E-state index contributed by atoms with van der Waals surface area (Å²) in [5.41, 5.74) is 1.85. The standard InChI is InChI=1S/C14H19NO4/c1-10-11(2)15-5-4-12(10)16-6-14-7-17-13(3,18-8-14)19-9-14/h4-5H,6-9H2,1-3H3. The lowest BCUT2D eigenvalue weighted by atomic mass is 9.90. The molecule has 0 aromatic carbocycles. The third-order valence-electron chi connectivity index (χ3n) is 3.86. The Hall–Kier alpha value is -1.17. The van der Waals surface area contributed by atoms with Crippen molar-refractivity contribution in [3.05, 3.63) is 23.5 Å². The van der Waals surface area contributed by atoms with E-state index in [-0.39, 0.29) is 5.41 Å². The van der Waals surface area contributed by atoms with Crippen LogP contribution in [0.1, 0.15) is 18.2 Å². The van der Waals surface area contributed by atoms with Crippen LogP contribution in [0.2, 0.25) is 0 Å². The first kappa shape index (κ1) is 12.8. The van der Waals surface area contributed by atoms with Crippen LogP contribution in [0.4, 0.5) is 0 Å². The third kappa shape index (κ3) is 2.33. The molecule has 3 saturated heterocycles. The van der Waals surface area contributed by atoms with E-state index in [4.69, 9.17) is 18.9 Å². The molecular weight excluding hydrogens is 246 g/mol. The third-order valence-corrected chi connectivity index (χ3v) is 3.86. The second-order valence-electron chi connectivity index (χ2n) is 5.54. The van der Waals surface area contributed by atoms with Crippen LogP contribution in [-0.2, 0) is 14.2 Å². The summed E-state index contributed by atoms with van der Waals surface area (Å²) in [7, 11) is 0. The Morgan fingerprint density at radius 2 is 1.84 bits per heavy atom. The van der Waals surface area contributed by atoms with Crippen molar-refractivity contribution < 1.29 is 18.9 Å². The molecular formula is C14H19NO4. The molecule has 0 spiro atoms. The van der Waals surface area contributed by atoms with Crippen molar-refractivity contribution in [2.45, 2.75) is 26.7 Å². The highest BCUT2D eigenvalue weighted by Crippen LogP contribution is 2.38. The summed E-state index contributed by atoms with van der Waals surface area (Å²) in [5.74, 6) is 0.00561. The second kappa shape index (κ2) is 4.44. The highest BCUT2D eigenvalue weighted by molar-refractivity contribution is 5.33. The summed E-state index contributed by atoms with van der Waals surface area (Å²) in [4.78, 5) is 4.23. The van der Waals surface area contributed by atoms with Crippen molar-refractivity contribution >= 4 is 0 Å². The number of rotatable bonds is 3. The van der Waals surface area contributed by atoms with Crippen molar-refractivity contribution in [1.29, 1.82) is 0 Å². The van der Waals surface area contributed by atoms with Crippen molar-refractivity contribution in [3.8, 4) is 5.75 Å². The number of hydrogen-bond acceptors (Lipinski definition) is 5. The normalized spacial score (nSPS) is 33.4. The van der Waals surface area contributed by atoms with Gasteiger partial charge in [-0.15, -0.1) is 0 Å². The highest BCUT2D eigenvalue weighted by Gasteiger charge is 2.50. The van der Waals surface area contributed by atoms with Gasteiger partial charge in [-0.1, -0.05) is 0 Å². The van der Waals surface area contributed by atoms with E-state index in [1.165, 1.54) is 0 Å². The Morgan fingerprint density at radius 1 is 1.21 bits per heavy atom. The number of pyridine rings is 1. The van der Waals surface area contributed by atoms with Crippen LogP contribution < -0.4 is 4.74 Å². The van der Waals surface area contributed by atoms with Crippen LogP contribution in [0.3, 0.4) is 0 Å². The molecule has 0 unspecified atom stereocenters. The van der Waals surface area contributed by atoms with Gasteiger partial charge in [0.15, 0.2) is 0 Å². The molecule has 0 N–H and O–H groups in total. The van der Waals surface area contributed by atoms with E-state index < -0.39 is 5.97 Å². The Balaban J connectivity index is 1.68. The van der Waals surface area contributed by atoms with Crippen LogP contribution in [-0.4, -0.2) is 37.4 Å². The molecule has 2 bridgehead atoms. The molecule has 0 amide bonds. The van der Waals surface area contributed by atoms with E-state index in [0.29, 0.717) is 26.4 Å². The maximum absolute atomic E-state index is 5.93. The molecule has 0 radical (unpaired) electrons. The van der Waals surface area contributed by atoms with Crippen LogP contribution in [0.5, 0.6) is 5.75 Å². The lowest BCUT2D eigenvalue weighted by Gasteiger charge is -2.50. The number of aryl methyl sites for hydroxylation is 1. The largest absolute Gasteiger partial charge is 0.492 e. The Kier molecular flexibility index (Phi) is 3.00. The predicted molar refractivity (Wildman–Crippen MR) is 67.9 cm³/mol. The first-order valence-corrected chi connectivity index (χ1v) is 6.49. The molecule has 3 aliphatic heterocycles. The molecule has 5 heteroatoms. The molecule has 0 saturated carbocycles. The van der Waals surface area contributed by atoms with E-state index in [1.807, 2.05) is 19.9 Å². The van der Waals surface area contributed by atoms with Gasteiger partial charge in [-0.25, -0.2) is 0 Å². The van der Waals surface area contributed by atoms with Gasteiger partial charge in [0.05, 0.1) is 25.2 Å². The summed E-state index contributed by atoms with van der Waals surface area (Å²) in [5, 5.41) is 0. The van der Waals surface area contributed by atoms with E-state index in [2.05, 4.69) is 4.98 Å². The number of aromatic nitrogens is 1. The van der Waals surface area contributed by atoms with Crippen molar-refractivity contribution in [2.24, 2.45) is 5.41 Å². The average Bonchev–Trinajstić information content (AvgIpc) is 2.42. The van der Waals surface area contributed by atoms with Crippen molar-refractivity contribution in [2.75, 3.05) is 26.4 Å². The second-order valence-corrected chi connectivity index (χ2v) is 5.54. The predicted octanol–water partition coefficient (Wildman–Crippen LogP) is 1.81. The SMILES string of the molecule is Cc1nccc(OCC23COC(C)(OC2)OC3)c1C. The van der Waals surface area contributed by atoms with E-state index >= 15 is 0 Å². The summed E-state index contributed by atoms with van der Waals surface area (Å²) in [6, 6.07) is 1.89. The topological polar surface area (TPSA) is 49.8 Å². The van der Waals surface area contributed by atoms with Gasteiger partial charge in [0, 0.05) is 24.4 Å².